The third-order valence-corrected chi connectivity index (χ3v) is 4.00. The van der Waals surface area contributed by atoms with E-state index in [9.17, 15) is 4.79 Å². The normalized spacial score (nSPS) is 12.3. The molecule has 0 aliphatic heterocycles. The van der Waals surface area contributed by atoms with Crippen molar-refractivity contribution in [2.24, 2.45) is 0 Å². The van der Waals surface area contributed by atoms with E-state index in [1.165, 1.54) is 4.91 Å². The summed E-state index contributed by atoms with van der Waals surface area (Å²) in [5.41, 5.74) is 0.804. The molecular formula is C12H14OS2. The quantitative estimate of drug-likeness (QED) is 0.436. The van der Waals surface area contributed by atoms with Crippen molar-refractivity contribution < 1.29 is 4.79 Å². The van der Waals surface area contributed by atoms with Gasteiger partial charge in [0.15, 0.2) is 5.78 Å². The molecule has 1 aromatic rings. The summed E-state index contributed by atoms with van der Waals surface area (Å²) in [5, 5.41) is 1.91. The fourth-order valence-electron chi connectivity index (χ4n) is 1.02. The maximum Gasteiger partial charge on any atom is 0.160 e. The number of carbonyl (C=O) groups is 1. The van der Waals surface area contributed by atoms with Crippen molar-refractivity contribution in [3.8, 4) is 0 Å². The summed E-state index contributed by atoms with van der Waals surface area (Å²) >= 11 is 3.31. The molecule has 0 saturated carbocycles. The van der Waals surface area contributed by atoms with Gasteiger partial charge in [-0.05, 0) is 26.8 Å². The van der Waals surface area contributed by atoms with E-state index in [4.69, 9.17) is 0 Å². The third-order valence-electron chi connectivity index (χ3n) is 1.82. The highest BCUT2D eigenvalue weighted by Crippen LogP contribution is 2.32. The Morgan fingerprint density at radius 3 is 2.67 bits per heavy atom. The summed E-state index contributed by atoms with van der Waals surface area (Å²) in [6.45, 7) is 5.61. The minimum absolute atomic E-state index is 0.131. The average molecular weight is 238 g/mol. The van der Waals surface area contributed by atoms with E-state index in [1.54, 1.807) is 30.0 Å². The first kappa shape index (κ1) is 12.3. The highest BCUT2D eigenvalue weighted by molar-refractivity contribution is 8.05. The highest BCUT2D eigenvalue weighted by atomic mass is 32.2. The van der Waals surface area contributed by atoms with Gasteiger partial charge in [-0.15, -0.1) is 11.3 Å². The third kappa shape index (κ3) is 3.68. The first-order valence-electron chi connectivity index (χ1n) is 4.73. The number of thioether (sulfide) groups is 1. The topological polar surface area (TPSA) is 17.1 Å². The van der Waals surface area contributed by atoms with E-state index < -0.39 is 0 Å². The van der Waals surface area contributed by atoms with Crippen molar-refractivity contribution in [1.82, 2.24) is 0 Å². The molecule has 1 rings (SSSR count). The molecule has 3 heteroatoms. The lowest BCUT2D eigenvalue weighted by molar-refractivity contribution is 0.101. The van der Waals surface area contributed by atoms with Gasteiger partial charge in [0.05, 0.1) is 4.21 Å². The molecule has 0 aliphatic carbocycles. The van der Waals surface area contributed by atoms with E-state index in [1.807, 2.05) is 31.4 Å². The van der Waals surface area contributed by atoms with Crippen molar-refractivity contribution >= 4 is 28.9 Å². The number of Topliss-reactive ketones (excluding diaryl/α,β-unsaturated/α-hetero) is 1. The van der Waals surface area contributed by atoms with Crippen molar-refractivity contribution in [3.05, 3.63) is 40.1 Å². The van der Waals surface area contributed by atoms with Crippen LogP contribution < -0.4 is 0 Å². The van der Waals surface area contributed by atoms with Crippen LogP contribution in [-0.4, -0.2) is 5.78 Å². The lowest BCUT2D eigenvalue weighted by Crippen LogP contribution is -1.85. The summed E-state index contributed by atoms with van der Waals surface area (Å²) in [6, 6.07) is 1.95. The van der Waals surface area contributed by atoms with Gasteiger partial charge in [0.1, 0.15) is 0 Å². The largest absolute Gasteiger partial charge is 0.294 e. The Bertz CT molecular complexity index is 400. The zero-order valence-electron chi connectivity index (χ0n) is 9.11. The first-order chi connectivity index (χ1) is 7.17. The minimum atomic E-state index is 0.131. The van der Waals surface area contributed by atoms with Gasteiger partial charge in [0, 0.05) is 15.8 Å². The van der Waals surface area contributed by atoms with Crippen LogP contribution in [-0.2, 0) is 0 Å². The molecule has 0 N–H and O–H groups in total. The molecule has 0 aliphatic rings. The number of rotatable bonds is 4. The monoisotopic (exact) mass is 238 g/mol. The molecule has 80 valence electrons. The van der Waals surface area contributed by atoms with Crippen molar-refractivity contribution in [2.75, 3.05) is 0 Å². The number of ketones is 1. The van der Waals surface area contributed by atoms with E-state index in [-0.39, 0.29) is 5.78 Å². The van der Waals surface area contributed by atoms with Gasteiger partial charge in [-0.2, -0.15) is 0 Å². The zero-order chi connectivity index (χ0) is 11.3. The van der Waals surface area contributed by atoms with Gasteiger partial charge in [0.2, 0.25) is 0 Å². The zero-order valence-corrected chi connectivity index (χ0v) is 10.7. The molecule has 1 aromatic heterocycles. The SMILES string of the molecule is C/C=C\C(=C/C)Sc1cc(C(C)=O)cs1. The second-order valence-corrected chi connectivity index (χ2v) is 5.29. The smallest absolute Gasteiger partial charge is 0.160 e. The molecule has 1 nitrogen and oxygen atoms in total. The number of hydrogen-bond acceptors (Lipinski definition) is 3. The predicted molar refractivity (Wildman–Crippen MR) is 68.8 cm³/mol. The van der Waals surface area contributed by atoms with Crippen LogP contribution in [0.15, 0.2) is 38.8 Å². The van der Waals surface area contributed by atoms with Crippen LogP contribution >= 0.6 is 23.1 Å². The summed E-state index contributed by atoms with van der Waals surface area (Å²) in [5.74, 6) is 0.131. The number of allylic oxidation sites excluding steroid dienone is 3. The van der Waals surface area contributed by atoms with Gasteiger partial charge in [-0.1, -0.05) is 30.0 Å². The fraction of sp³-hybridized carbons (Fsp3) is 0.250. The average Bonchev–Trinajstić information content (AvgIpc) is 2.65. The summed E-state index contributed by atoms with van der Waals surface area (Å²) < 4.78 is 1.16. The molecule has 0 fully saturated rings. The van der Waals surface area contributed by atoms with E-state index in [0.29, 0.717) is 0 Å². The van der Waals surface area contributed by atoms with Crippen LogP contribution in [0.5, 0.6) is 0 Å². The van der Waals surface area contributed by atoms with Crippen LogP contribution in [0, 0.1) is 0 Å². The number of hydrogen-bond donors (Lipinski definition) is 0. The van der Waals surface area contributed by atoms with Crippen molar-refractivity contribution in [2.45, 2.75) is 25.0 Å². The van der Waals surface area contributed by atoms with Gasteiger partial charge < -0.3 is 0 Å². The molecule has 0 bridgehead atoms. The maximum absolute atomic E-state index is 11.1. The van der Waals surface area contributed by atoms with E-state index in [0.717, 1.165) is 9.77 Å². The highest BCUT2D eigenvalue weighted by Gasteiger charge is 2.05. The Labute approximate surface area is 98.9 Å². The fourth-order valence-corrected chi connectivity index (χ4v) is 3.06. The van der Waals surface area contributed by atoms with Crippen molar-refractivity contribution in [3.63, 3.8) is 0 Å². The Kier molecular flexibility index (Phi) is 4.85. The standard InChI is InChI=1S/C12H14OS2/c1-4-6-11(5-2)15-12-7-10(8-14-12)9(3)13/h4-8H,1-3H3/b6-4-,11-5+. The lowest BCUT2D eigenvalue weighted by Gasteiger charge is -1.96. The van der Waals surface area contributed by atoms with Gasteiger partial charge >= 0.3 is 0 Å². The van der Waals surface area contributed by atoms with Crippen LogP contribution in [0.3, 0.4) is 0 Å². The minimum Gasteiger partial charge on any atom is -0.294 e. The molecule has 0 unspecified atom stereocenters. The second-order valence-electron chi connectivity index (χ2n) is 3.00. The van der Waals surface area contributed by atoms with Gasteiger partial charge in [0.25, 0.3) is 0 Å². The summed E-state index contributed by atoms with van der Waals surface area (Å²) in [7, 11) is 0. The molecule has 0 aromatic carbocycles. The predicted octanol–water partition coefficient (Wildman–Crippen LogP) is 4.52. The van der Waals surface area contributed by atoms with E-state index >= 15 is 0 Å². The number of thiophene rings is 1. The van der Waals surface area contributed by atoms with Crippen molar-refractivity contribution in [1.29, 1.82) is 0 Å². The Hall–Kier alpha value is -0.800. The van der Waals surface area contributed by atoms with Crippen LogP contribution in [0.1, 0.15) is 31.1 Å². The molecule has 0 radical (unpaired) electrons. The molecule has 0 spiro atoms. The Morgan fingerprint density at radius 1 is 1.47 bits per heavy atom. The van der Waals surface area contributed by atoms with Gasteiger partial charge in [-0.3, -0.25) is 4.79 Å². The first-order valence-corrected chi connectivity index (χ1v) is 6.43. The molecule has 15 heavy (non-hydrogen) atoms. The molecule has 0 atom stereocenters. The van der Waals surface area contributed by atoms with Crippen LogP contribution in [0.4, 0.5) is 0 Å². The number of carbonyl (C=O) groups excluding carboxylic acids is 1. The second kappa shape index (κ2) is 5.93. The lowest BCUT2D eigenvalue weighted by atomic mass is 10.2. The van der Waals surface area contributed by atoms with Gasteiger partial charge in [-0.25, -0.2) is 0 Å². The molecule has 1 heterocycles. The van der Waals surface area contributed by atoms with Crippen LogP contribution in [0.25, 0.3) is 0 Å². The van der Waals surface area contributed by atoms with Crippen LogP contribution in [0.2, 0.25) is 0 Å². The summed E-state index contributed by atoms with van der Waals surface area (Å²) in [6.07, 6.45) is 6.15. The molecular weight excluding hydrogens is 224 g/mol. The summed E-state index contributed by atoms with van der Waals surface area (Å²) in [4.78, 5) is 12.3. The molecule has 0 saturated heterocycles. The maximum atomic E-state index is 11.1. The Morgan fingerprint density at radius 2 is 2.20 bits per heavy atom. The molecule has 0 amide bonds. The Balaban J connectivity index is 2.76. The van der Waals surface area contributed by atoms with E-state index in [2.05, 4.69) is 12.2 Å².